The maximum atomic E-state index is 11.0. The van der Waals surface area contributed by atoms with Crippen molar-refractivity contribution in [1.29, 1.82) is 0 Å². The molecule has 2 aliphatic rings. The van der Waals surface area contributed by atoms with Crippen molar-refractivity contribution in [1.82, 2.24) is 0 Å². The molecule has 0 heterocycles. The average molecular weight is 318 g/mol. The fourth-order valence-corrected chi connectivity index (χ4v) is 1.45. The van der Waals surface area contributed by atoms with Crippen LogP contribution in [0.4, 0.5) is 0 Å². The van der Waals surface area contributed by atoms with Gasteiger partial charge < -0.3 is 14.9 Å². The number of carbonyl (C=O) groups excluding carboxylic acids is 1. The van der Waals surface area contributed by atoms with Crippen LogP contribution in [0.25, 0.3) is 0 Å². The van der Waals surface area contributed by atoms with Crippen molar-refractivity contribution in [3.63, 3.8) is 0 Å². The van der Waals surface area contributed by atoms with Crippen LogP contribution in [-0.2, 0) is 26.6 Å². The molecule has 0 bridgehead atoms. The third kappa shape index (κ3) is 7.07. The van der Waals surface area contributed by atoms with Gasteiger partial charge in [-0.05, 0) is 64.7 Å². The number of ether oxygens (including phenoxy) is 1. The first-order valence-corrected chi connectivity index (χ1v) is 6.08. The van der Waals surface area contributed by atoms with Gasteiger partial charge in [0, 0.05) is 5.92 Å². The van der Waals surface area contributed by atoms with Gasteiger partial charge in [0.25, 0.3) is 0 Å². The van der Waals surface area contributed by atoms with Crippen molar-refractivity contribution in [2.75, 3.05) is 6.61 Å². The number of aliphatic hydroxyl groups is 2. The molecule has 2 rings (SSSR count). The number of aliphatic hydroxyl groups excluding tert-OH is 2. The predicted molar refractivity (Wildman–Crippen MR) is 70.6 cm³/mol. The number of carbonyl (C=O) groups is 1. The molecule has 20 heavy (non-hydrogen) atoms. The van der Waals surface area contributed by atoms with E-state index in [2.05, 4.69) is 4.74 Å². The van der Waals surface area contributed by atoms with Crippen LogP contribution in [0.5, 0.6) is 0 Å². The summed E-state index contributed by atoms with van der Waals surface area (Å²) in [5, 5.41) is 18.9. The van der Waals surface area contributed by atoms with Crippen LogP contribution in [0.3, 0.4) is 0 Å². The van der Waals surface area contributed by atoms with Crippen molar-refractivity contribution >= 4 is 5.97 Å². The number of hydrogen-bond acceptors (Lipinski definition) is 4. The second kappa shape index (κ2) is 11.6. The summed E-state index contributed by atoms with van der Waals surface area (Å²) in [4.78, 5) is 11.0. The second-order valence-electron chi connectivity index (χ2n) is 3.82. The summed E-state index contributed by atoms with van der Waals surface area (Å²) in [6, 6.07) is 0. The van der Waals surface area contributed by atoms with Crippen LogP contribution in [-0.4, -0.2) is 35.0 Å². The Morgan fingerprint density at radius 1 is 1.05 bits per heavy atom. The molecule has 5 heteroatoms. The summed E-state index contributed by atoms with van der Waals surface area (Å²) < 4.78 is 4.57. The van der Waals surface area contributed by atoms with Gasteiger partial charge in [0.05, 0.1) is 12.7 Å². The standard InChI is InChI=1S/C10H13O4.C5H5.Fe/c1-2-14-10(13)9(12)8(11)7-5-3-4-6-7;1-2-4-5-3-1;/h3-6,8-9,11-12H,2H2,1H3;1-5H;/q;;+2/t8-,9+;;/m1../s1. The Labute approximate surface area is 132 Å². The summed E-state index contributed by atoms with van der Waals surface area (Å²) in [7, 11) is 0. The Kier molecular flexibility index (Phi) is 11.5. The molecular weight excluding hydrogens is 300 g/mol. The van der Waals surface area contributed by atoms with Gasteiger partial charge in [-0.15, -0.1) is 0 Å². The molecule has 0 aromatic carbocycles. The normalized spacial score (nSPS) is 21.4. The minimum absolute atomic E-state index is 0. The molecule has 2 saturated carbocycles. The van der Waals surface area contributed by atoms with Gasteiger partial charge in [0.15, 0.2) is 6.10 Å². The predicted octanol–water partition coefficient (Wildman–Crippen LogP) is 0.696. The van der Waals surface area contributed by atoms with E-state index in [9.17, 15) is 15.0 Å². The molecule has 108 valence electrons. The van der Waals surface area contributed by atoms with E-state index in [-0.39, 0.29) is 23.7 Å². The zero-order valence-electron chi connectivity index (χ0n) is 11.1. The molecule has 0 amide bonds. The molecule has 2 fully saturated rings. The molecular formula is C15H18FeO4+2. The van der Waals surface area contributed by atoms with Crippen LogP contribution in [0.15, 0.2) is 0 Å². The van der Waals surface area contributed by atoms with Gasteiger partial charge in [0.2, 0.25) is 0 Å². The van der Waals surface area contributed by atoms with E-state index in [4.69, 9.17) is 0 Å². The number of hydrogen-bond donors (Lipinski definition) is 2. The molecule has 0 spiro atoms. The van der Waals surface area contributed by atoms with Crippen LogP contribution in [0.2, 0.25) is 0 Å². The summed E-state index contributed by atoms with van der Waals surface area (Å²) in [6.45, 7) is 1.82. The van der Waals surface area contributed by atoms with Crippen molar-refractivity contribution in [3.8, 4) is 0 Å². The summed E-state index contributed by atoms with van der Waals surface area (Å²) in [5.74, 6) is -0.299. The first-order chi connectivity index (χ1) is 9.16. The fraction of sp³-hybridized carbons (Fsp3) is 0.267. The molecule has 0 aromatic heterocycles. The minimum atomic E-state index is -1.52. The zero-order valence-corrected chi connectivity index (χ0v) is 12.2. The maximum absolute atomic E-state index is 11.0. The van der Waals surface area contributed by atoms with Crippen LogP contribution in [0, 0.1) is 63.7 Å². The van der Waals surface area contributed by atoms with Gasteiger partial charge in [0.1, 0.15) is 0 Å². The zero-order chi connectivity index (χ0) is 14.1. The van der Waals surface area contributed by atoms with Gasteiger partial charge in [-0.3, -0.25) is 0 Å². The SMILES string of the molecule is CCOC(=O)[C@@H](O)[C@H](O)[C]1[CH][CH][CH][CH]1.[CH]1[CH][CH][CH][CH]1.[Fe+2]. The molecule has 4 nitrogen and oxygen atoms in total. The molecule has 0 aromatic rings. The summed E-state index contributed by atoms with van der Waals surface area (Å²) in [5.41, 5.74) is 0. The molecule has 0 unspecified atom stereocenters. The van der Waals surface area contributed by atoms with E-state index < -0.39 is 18.2 Å². The molecule has 2 atom stereocenters. The van der Waals surface area contributed by atoms with Crippen molar-refractivity contribution in [3.05, 3.63) is 63.7 Å². The Bertz CT molecular complexity index is 243. The van der Waals surface area contributed by atoms with E-state index in [1.807, 2.05) is 32.1 Å². The topological polar surface area (TPSA) is 66.8 Å². The summed E-state index contributed by atoms with van der Waals surface area (Å²) in [6.07, 6.45) is 14.0. The van der Waals surface area contributed by atoms with E-state index in [0.717, 1.165) is 0 Å². The van der Waals surface area contributed by atoms with Crippen molar-refractivity contribution in [2.24, 2.45) is 0 Å². The van der Waals surface area contributed by atoms with E-state index >= 15 is 0 Å². The summed E-state index contributed by atoms with van der Waals surface area (Å²) >= 11 is 0. The Hall–Kier alpha value is -0.0905. The van der Waals surface area contributed by atoms with Crippen molar-refractivity contribution in [2.45, 2.75) is 19.1 Å². The van der Waals surface area contributed by atoms with Gasteiger partial charge in [-0.2, -0.15) is 0 Å². The first-order valence-electron chi connectivity index (χ1n) is 6.08. The Morgan fingerprint density at radius 2 is 1.50 bits per heavy atom. The van der Waals surface area contributed by atoms with E-state index in [1.165, 1.54) is 0 Å². The number of rotatable bonds is 4. The van der Waals surface area contributed by atoms with Crippen molar-refractivity contribution < 1.29 is 36.8 Å². The maximum Gasteiger partial charge on any atom is 2.00 e. The first kappa shape index (κ1) is 19.9. The smallest absolute Gasteiger partial charge is 0.464 e. The third-order valence-electron chi connectivity index (χ3n) is 2.41. The molecule has 10 radical (unpaired) electrons. The van der Waals surface area contributed by atoms with Crippen LogP contribution in [0.1, 0.15) is 6.92 Å². The van der Waals surface area contributed by atoms with E-state index in [0.29, 0.717) is 5.92 Å². The second-order valence-corrected chi connectivity index (χ2v) is 3.82. The fourth-order valence-electron chi connectivity index (χ4n) is 1.45. The van der Waals surface area contributed by atoms with Crippen LogP contribution >= 0.6 is 0 Å². The molecule has 2 N–H and O–H groups in total. The average Bonchev–Trinajstić information content (AvgIpc) is 3.11. The monoisotopic (exact) mass is 318 g/mol. The quantitative estimate of drug-likeness (QED) is 0.591. The van der Waals surface area contributed by atoms with E-state index in [1.54, 1.807) is 32.6 Å². The molecule has 0 saturated heterocycles. The number of esters is 1. The third-order valence-corrected chi connectivity index (χ3v) is 2.41. The molecule has 0 aliphatic heterocycles. The minimum Gasteiger partial charge on any atom is -0.464 e. The van der Waals surface area contributed by atoms with Gasteiger partial charge in [-0.1, -0.05) is 0 Å². The largest absolute Gasteiger partial charge is 2.00 e. The Morgan fingerprint density at radius 3 is 1.90 bits per heavy atom. The van der Waals surface area contributed by atoms with Crippen LogP contribution < -0.4 is 0 Å². The van der Waals surface area contributed by atoms with Gasteiger partial charge in [-0.25, -0.2) is 4.79 Å². The van der Waals surface area contributed by atoms with Gasteiger partial charge >= 0.3 is 23.0 Å². The Balaban J connectivity index is 0.000000507. The molecule has 2 aliphatic carbocycles.